The summed E-state index contributed by atoms with van der Waals surface area (Å²) >= 11 is 0. The molecule has 102 valence electrons. The van der Waals surface area contributed by atoms with Crippen LogP contribution in [-0.4, -0.2) is 17.6 Å². The molecule has 4 heteroatoms. The maximum absolute atomic E-state index is 11.3. The molecule has 1 unspecified atom stereocenters. The van der Waals surface area contributed by atoms with Crippen LogP contribution in [0.5, 0.6) is 5.75 Å². The van der Waals surface area contributed by atoms with Crippen molar-refractivity contribution in [2.75, 3.05) is 11.9 Å². The Morgan fingerprint density at radius 1 is 1.20 bits per heavy atom. The summed E-state index contributed by atoms with van der Waals surface area (Å²) in [5.41, 5.74) is 3.25. The van der Waals surface area contributed by atoms with Crippen LogP contribution < -0.4 is 10.1 Å². The van der Waals surface area contributed by atoms with Crippen molar-refractivity contribution in [3.05, 3.63) is 59.2 Å². The number of anilines is 1. The third-order valence-corrected chi connectivity index (χ3v) is 3.31. The van der Waals surface area contributed by atoms with E-state index in [0.29, 0.717) is 11.4 Å². The first-order valence-corrected chi connectivity index (χ1v) is 6.45. The molecule has 0 radical (unpaired) electrons. The topological polar surface area (TPSA) is 58.6 Å². The largest absolute Gasteiger partial charge is 0.482 e. The second-order valence-corrected chi connectivity index (χ2v) is 4.91. The molecule has 1 heterocycles. The van der Waals surface area contributed by atoms with Crippen LogP contribution in [0.3, 0.4) is 0 Å². The van der Waals surface area contributed by atoms with Gasteiger partial charge in [0.15, 0.2) is 6.61 Å². The molecule has 3 rings (SSSR count). The molecule has 20 heavy (non-hydrogen) atoms. The molecule has 0 bridgehead atoms. The number of aliphatic hydroxyl groups excluding tert-OH is 1. The van der Waals surface area contributed by atoms with Gasteiger partial charge in [-0.1, -0.05) is 35.9 Å². The summed E-state index contributed by atoms with van der Waals surface area (Å²) in [6.45, 7) is 2.02. The number of hydrogen-bond acceptors (Lipinski definition) is 3. The van der Waals surface area contributed by atoms with E-state index in [4.69, 9.17) is 4.74 Å². The highest BCUT2D eigenvalue weighted by Crippen LogP contribution is 2.32. The molecule has 4 nitrogen and oxygen atoms in total. The summed E-state index contributed by atoms with van der Waals surface area (Å²) in [5, 5.41) is 13.2. The maximum Gasteiger partial charge on any atom is 0.262 e. The molecule has 1 amide bonds. The summed E-state index contributed by atoms with van der Waals surface area (Å²) in [4.78, 5) is 11.3. The van der Waals surface area contributed by atoms with Crippen molar-refractivity contribution in [3.63, 3.8) is 0 Å². The van der Waals surface area contributed by atoms with E-state index < -0.39 is 6.10 Å². The Kier molecular flexibility index (Phi) is 3.16. The van der Waals surface area contributed by atoms with Crippen molar-refractivity contribution in [2.45, 2.75) is 13.0 Å². The molecule has 0 spiro atoms. The second kappa shape index (κ2) is 4.98. The Morgan fingerprint density at radius 2 is 2.00 bits per heavy atom. The van der Waals surface area contributed by atoms with E-state index in [2.05, 4.69) is 5.32 Å². The van der Waals surface area contributed by atoms with Gasteiger partial charge in [-0.25, -0.2) is 0 Å². The highest BCUT2D eigenvalue weighted by molar-refractivity contribution is 5.95. The van der Waals surface area contributed by atoms with Crippen LogP contribution in [0.25, 0.3) is 0 Å². The molecule has 2 aromatic rings. The summed E-state index contributed by atoms with van der Waals surface area (Å²) in [6.07, 6.45) is -0.723. The molecule has 0 saturated carbocycles. The lowest BCUT2D eigenvalue weighted by atomic mass is 9.99. The Labute approximate surface area is 117 Å². The second-order valence-electron chi connectivity index (χ2n) is 4.91. The number of aliphatic hydroxyl groups is 1. The van der Waals surface area contributed by atoms with Crippen molar-refractivity contribution in [2.24, 2.45) is 0 Å². The molecule has 1 atom stereocenters. The fraction of sp³-hybridized carbons (Fsp3) is 0.188. The Morgan fingerprint density at radius 3 is 2.80 bits per heavy atom. The average Bonchev–Trinajstić information content (AvgIpc) is 2.45. The molecule has 0 saturated heterocycles. The van der Waals surface area contributed by atoms with Gasteiger partial charge in [0.05, 0.1) is 5.69 Å². The highest BCUT2D eigenvalue weighted by Gasteiger charge is 2.18. The highest BCUT2D eigenvalue weighted by atomic mass is 16.5. The van der Waals surface area contributed by atoms with E-state index in [1.165, 1.54) is 0 Å². The number of rotatable bonds is 2. The number of hydrogen-bond donors (Lipinski definition) is 2. The first-order chi connectivity index (χ1) is 9.63. The van der Waals surface area contributed by atoms with Gasteiger partial charge in [-0.05, 0) is 30.2 Å². The van der Waals surface area contributed by atoms with Gasteiger partial charge in [0.1, 0.15) is 11.9 Å². The zero-order valence-corrected chi connectivity index (χ0v) is 11.1. The minimum Gasteiger partial charge on any atom is -0.482 e. The van der Waals surface area contributed by atoms with Crippen LogP contribution in [0.15, 0.2) is 42.5 Å². The van der Waals surface area contributed by atoms with Gasteiger partial charge in [-0.15, -0.1) is 0 Å². The lowest BCUT2D eigenvalue weighted by molar-refractivity contribution is -0.118. The maximum atomic E-state index is 11.3. The van der Waals surface area contributed by atoms with Crippen molar-refractivity contribution < 1.29 is 14.6 Å². The summed E-state index contributed by atoms with van der Waals surface area (Å²) in [6, 6.07) is 13.0. The van der Waals surface area contributed by atoms with Crippen molar-refractivity contribution in [1.82, 2.24) is 0 Å². The molecule has 0 aliphatic carbocycles. The number of nitrogens with one attached hydrogen (secondary N) is 1. The fourth-order valence-electron chi connectivity index (χ4n) is 2.30. The molecular weight excluding hydrogens is 254 g/mol. The van der Waals surface area contributed by atoms with E-state index in [1.54, 1.807) is 12.1 Å². The number of fused-ring (bicyclic) bond motifs is 1. The van der Waals surface area contributed by atoms with Crippen LogP contribution in [-0.2, 0) is 4.79 Å². The SMILES string of the molecule is Cc1cccc(C(O)c2ccc3c(c2)NC(=O)CO3)c1. The minimum atomic E-state index is -0.723. The predicted octanol–water partition coefficient (Wildman–Crippen LogP) is 2.41. The van der Waals surface area contributed by atoms with Crippen LogP contribution >= 0.6 is 0 Å². The van der Waals surface area contributed by atoms with Crippen LogP contribution in [0, 0.1) is 6.92 Å². The smallest absolute Gasteiger partial charge is 0.262 e. The molecule has 0 fully saturated rings. The van der Waals surface area contributed by atoms with E-state index in [1.807, 2.05) is 37.3 Å². The number of ether oxygens (including phenoxy) is 1. The standard InChI is InChI=1S/C16H15NO3/c1-10-3-2-4-11(7-10)16(19)12-5-6-14-13(8-12)17-15(18)9-20-14/h2-8,16,19H,9H2,1H3,(H,17,18). The van der Waals surface area contributed by atoms with Gasteiger partial charge in [0.2, 0.25) is 0 Å². The molecule has 2 N–H and O–H groups in total. The van der Waals surface area contributed by atoms with Crippen molar-refractivity contribution in [1.29, 1.82) is 0 Å². The van der Waals surface area contributed by atoms with Crippen molar-refractivity contribution >= 4 is 11.6 Å². The zero-order chi connectivity index (χ0) is 14.1. The van der Waals surface area contributed by atoms with Crippen LogP contribution in [0.1, 0.15) is 22.8 Å². The van der Waals surface area contributed by atoms with Crippen molar-refractivity contribution in [3.8, 4) is 5.75 Å². The Balaban J connectivity index is 1.94. The predicted molar refractivity (Wildman–Crippen MR) is 75.8 cm³/mol. The lowest BCUT2D eigenvalue weighted by Crippen LogP contribution is -2.25. The van der Waals surface area contributed by atoms with E-state index in [0.717, 1.165) is 16.7 Å². The van der Waals surface area contributed by atoms with Gasteiger partial charge in [-0.2, -0.15) is 0 Å². The van der Waals surface area contributed by atoms with Gasteiger partial charge in [-0.3, -0.25) is 4.79 Å². The average molecular weight is 269 g/mol. The summed E-state index contributed by atoms with van der Waals surface area (Å²) in [7, 11) is 0. The molecule has 1 aliphatic heterocycles. The van der Waals surface area contributed by atoms with E-state index >= 15 is 0 Å². The normalized spacial score (nSPS) is 15.0. The molecule has 2 aromatic carbocycles. The Hall–Kier alpha value is -2.33. The number of aryl methyl sites for hydroxylation is 1. The lowest BCUT2D eigenvalue weighted by Gasteiger charge is -2.20. The third-order valence-electron chi connectivity index (χ3n) is 3.31. The first-order valence-electron chi connectivity index (χ1n) is 6.45. The van der Waals surface area contributed by atoms with Crippen LogP contribution in [0.2, 0.25) is 0 Å². The van der Waals surface area contributed by atoms with E-state index in [-0.39, 0.29) is 12.5 Å². The number of carbonyl (C=O) groups excluding carboxylic acids is 1. The minimum absolute atomic E-state index is 0.0345. The van der Waals surface area contributed by atoms with Gasteiger partial charge >= 0.3 is 0 Å². The van der Waals surface area contributed by atoms with Gasteiger partial charge in [0, 0.05) is 0 Å². The molecule has 0 aromatic heterocycles. The molecular formula is C16H15NO3. The zero-order valence-electron chi connectivity index (χ0n) is 11.1. The quantitative estimate of drug-likeness (QED) is 0.880. The third kappa shape index (κ3) is 2.38. The Bertz CT molecular complexity index is 667. The first kappa shape index (κ1) is 12.7. The monoisotopic (exact) mass is 269 g/mol. The fourth-order valence-corrected chi connectivity index (χ4v) is 2.30. The number of benzene rings is 2. The summed E-state index contributed by atoms with van der Waals surface area (Å²) < 4.78 is 5.30. The van der Waals surface area contributed by atoms with Gasteiger partial charge in [0.25, 0.3) is 5.91 Å². The number of carbonyl (C=O) groups is 1. The summed E-state index contributed by atoms with van der Waals surface area (Å²) in [5.74, 6) is 0.449. The van der Waals surface area contributed by atoms with Gasteiger partial charge < -0.3 is 15.2 Å². The van der Waals surface area contributed by atoms with E-state index in [9.17, 15) is 9.90 Å². The molecule has 1 aliphatic rings. The van der Waals surface area contributed by atoms with Crippen LogP contribution in [0.4, 0.5) is 5.69 Å². The number of amides is 1.